The molecule has 1 aromatic heterocycles. The highest BCUT2D eigenvalue weighted by atomic mass is 35.5. The molecule has 0 atom stereocenters. The molecular weight excluding hydrogens is 383 g/mol. The lowest BCUT2D eigenvalue weighted by Gasteiger charge is -2.31. The van der Waals surface area contributed by atoms with Crippen molar-refractivity contribution in [1.29, 1.82) is 5.41 Å². The summed E-state index contributed by atoms with van der Waals surface area (Å²) in [6.07, 6.45) is 0. The van der Waals surface area contributed by atoms with Crippen LogP contribution in [0.25, 0.3) is 0 Å². The second kappa shape index (κ2) is 10.2. The highest BCUT2D eigenvalue weighted by Gasteiger charge is 2.17. The molecule has 4 nitrogen and oxygen atoms in total. The van der Waals surface area contributed by atoms with Gasteiger partial charge in [-0.05, 0) is 36.7 Å². The highest BCUT2D eigenvalue weighted by molar-refractivity contribution is 7.99. The fraction of sp³-hybridized carbons (Fsp3) is 0.312. The van der Waals surface area contributed by atoms with Crippen LogP contribution in [0.1, 0.15) is 4.88 Å². The smallest absolute Gasteiger partial charge is 0.140 e. The minimum absolute atomic E-state index is 0. The lowest BCUT2D eigenvalue weighted by molar-refractivity contribution is 0.731. The zero-order valence-electron chi connectivity index (χ0n) is 13.4. The summed E-state index contributed by atoms with van der Waals surface area (Å²) in [6.45, 7) is 3.06. The van der Waals surface area contributed by atoms with Crippen LogP contribution in [-0.4, -0.2) is 38.3 Å². The molecule has 1 aromatic carbocycles. The first-order valence-electron chi connectivity index (χ1n) is 7.34. The summed E-state index contributed by atoms with van der Waals surface area (Å²) in [5, 5.41) is 16.6. The summed E-state index contributed by atoms with van der Waals surface area (Å²) >= 11 is 3.49. The first-order valence-corrected chi connectivity index (χ1v) is 9.20. The number of hydrogen-bond donors (Lipinski definition) is 3. The van der Waals surface area contributed by atoms with Gasteiger partial charge in [-0.1, -0.05) is 6.07 Å². The summed E-state index contributed by atoms with van der Waals surface area (Å²) in [5.41, 5.74) is 2.25. The van der Waals surface area contributed by atoms with E-state index in [9.17, 15) is 0 Å². The van der Waals surface area contributed by atoms with E-state index >= 15 is 0 Å². The fourth-order valence-corrected chi connectivity index (χ4v) is 4.12. The quantitative estimate of drug-likeness (QED) is 0.517. The van der Waals surface area contributed by atoms with E-state index in [1.165, 1.54) is 10.6 Å². The van der Waals surface area contributed by atoms with Crippen molar-refractivity contribution in [2.24, 2.45) is 0 Å². The molecule has 132 valence electrons. The normalized spacial score (nSPS) is 12.6. The Labute approximate surface area is 163 Å². The summed E-state index contributed by atoms with van der Waals surface area (Å²) in [6, 6.07) is 10.3. The zero-order chi connectivity index (χ0) is 15.4. The Bertz CT molecular complexity index is 650. The van der Waals surface area contributed by atoms with Gasteiger partial charge in [0.15, 0.2) is 0 Å². The van der Waals surface area contributed by atoms with E-state index < -0.39 is 0 Å². The van der Waals surface area contributed by atoms with E-state index in [-0.39, 0.29) is 24.8 Å². The lowest BCUT2D eigenvalue weighted by Crippen LogP contribution is -2.34. The molecule has 0 aliphatic carbocycles. The molecule has 0 bridgehead atoms. The molecule has 0 unspecified atom stereocenters. The average Bonchev–Trinajstić information content (AvgIpc) is 3.07. The van der Waals surface area contributed by atoms with Crippen molar-refractivity contribution >= 4 is 65.1 Å². The largest absolute Gasteiger partial charge is 0.368 e. The van der Waals surface area contributed by atoms with Gasteiger partial charge in [0, 0.05) is 36.0 Å². The van der Waals surface area contributed by atoms with Gasteiger partial charge in [0.1, 0.15) is 5.84 Å². The van der Waals surface area contributed by atoms with Gasteiger partial charge in [0.25, 0.3) is 0 Å². The fourth-order valence-electron chi connectivity index (χ4n) is 2.46. The van der Waals surface area contributed by atoms with Crippen LogP contribution in [0.15, 0.2) is 40.6 Å². The molecule has 2 aromatic rings. The number of benzene rings is 1. The molecule has 0 saturated carbocycles. The minimum atomic E-state index is 0. The monoisotopic (exact) mass is 404 g/mol. The summed E-state index contributed by atoms with van der Waals surface area (Å²) in [4.78, 5) is 4.71. The van der Waals surface area contributed by atoms with Crippen LogP contribution in [-0.2, 0) is 0 Å². The summed E-state index contributed by atoms with van der Waals surface area (Å²) in [5.74, 6) is 1.59. The second-order valence-electron chi connectivity index (χ2n) is 5.10. The molecular formula is C16H22Cl2N4S2. The maximum Gasteiger partial charge on any atom is 0.140 e. The first kappa shape index (κ1) is 21.1. The number of fused-ring (bicyclic) bond motifs is 1. The maximum absolute atomic E-state index is 8.16. The predicted octanol–water partition coefficient (Wildman–Crippen LogP) is 4.16. The number of amidine groups is 1. The number of rotatable bonds is 5. The van der Waals surface area contributed by atoms with Crippen LogP contribution < -0.4 is 15.5 Å². The van der Waals surface area contributed by atoms with E-state index in [4.69, 9.17) is 5.41 Å². The van der Waals surface area contributed by atoms with E-state index in [2.05, 4.69) is 33.7 Å². The minimum Gasteiger partial charge on any atom is -0.368 e. The van der Waals surface area contributed by atoms with Gasteiger partial charge in [-0.2, -0.15) is 0 Å². The SMILES string of the molecule is CNCCN1CCSc2ccc(NC(=N)c3cccs3)cc21.Cl.Cl. The molecule has 1 aliphatic rings. The third-order valence-electron chi connectivity index (χ3n) is 3.59. The Balaban J connectivity index is 0.00000144. The molecule has 0 saturated heterocycles. The van der Waals surface area contributed by atoms with Crippen LogP contribution >= 0.6 is 47.9 Å². The third kappa shape index (κ3) is 5.04. The number of nitrogens with one attached hydrogen (secondary N) is 3. The Morgan fingerprint density at radius 1 is 1.29 bits per heavy atom. The van der Waals surface area contributed by atoms with E-state index in [1.54, 1.807) is 11.3 Å². The lowest BCUT2D eigenvalue weighted by atomic mass is 10.2. The van der Waals surface area contributed by atoms with Gasteiger partial charge >= 0.3 is 0 Å². The van der Waals surface area contributed by atoms with E-state index in [0.717, 1.165) is 36.0 Å². The molecule has 0 fully saturated rings. The van der Waals surface area contributed by atoms with Crippen molar-refractivity contribution in [3.63, 3.8) is 0 Å². The molecule has 0 spiro atoms. The number of likely N-dealkylation sites (N-methyl/N-ethyl adjacent to an activating group) is 1. The Morgan fingerprint density at radius 2 is 2.12 bits per heavy atom. The Morgan fingerprint density at radius 3 is 2.83 bits per heavy atom. The number of halogens is 2. The predicted molar refractivity (Wildman–Crippen MR) is 113 cm³/mol. The van der Waals surface area contributed by atoms with Crippen molar-refractivity contribution in [2.45, 2.75) is 4.90 Å². The highest BCUT2D eigenvalue weighted by Crippen LogP contribution is 2.36. The van der Waals surface area contributed by atoms with Gasteiger partial charge in [-0.15, -0.1) is 47.9 Å². The second-order valence-corrected chi connectivity index (χ2v) is 7.18. The van der Waals surface area contributed by atoms with E-state index in [0.29, 0.717) is 5.84 Å². The maximum atomic E-state index is 8.16. The van der Waals surface area contributed by atoms with Crippen LogP contribution in [0, 0.1) is 5.41 Å². The van der Waals surface area contributed by atoms with Crippen LogP contribution in [0.4, 0.5) is 11.4 Å². The Kier molecular flexibility index (Phi) is 8.94. The molecule has 2 heterocycles. The number of thioether (sulfide) groups is 1. The number of hydrogen-bond acceptors (Lipinski definition) is 5. The molecule has 24 heavy (non-hydrogen) atoms. The molecule has 3 rings (SSSR count). The molecule has 8 heteroatoms. The molecule has 0 amide bonds. The van der Waals surface area contributed by atoms with Gasteiger partial charge in [0.2, 0.25) is 0 Å². The van der Waals surface area contributed by atoms with Crippen LogP contribution in [0.2, 0.25) is 0 Å². The summed E-state index contributed by atoms with van der Waals surface area (Å²) in [7, 11) is 1.99. The zero-order valence-corrected chi connectivity index (χ0v) is 16.6. The van der Waals surface area contributed by atoms with Crippen molar-refractivity contribution in [3.05, 3.63) is 40.6 Å². The standard InChI is InChI=1S/C16H20N4S2.2ClH/c1-18-6-7-20-8-10-22-14-5-4-12(11-13(14)20)19-16(17)15-3-2-9-21-15;;/h2-5,9,11,18H,6-8,10H2,1H3,(H2,17,19);2*1H. The number of anilines is 2. The van der Waals surface area contributed by atoms with Gasteiger partial charge in [-0.25, -0.2) is 0 Å². The number of thiophene rings is 1. The van der Waals surface area contributed by atoms with Crippen molar-refractivity contribution in [2.75, 3.05) is 42.7 Å². The number of nitrogens with zero attached hydrogens (tertiary/aromatic N) is 1. The van der Waals surface area contributed by atoms with E-state index in [1.807, 2.05) is 36.3 Å². The van der Waals surface area contributed by atoms with Gasteiger partial charge in [-0.3, -0.25) is 5.41 Å². The Hall–Kier alpha value is -0.920. The van der Waals surface area contributed by atoms with Crippen LogP contribution in [0.5, 0.6) is 0 Å². The first-order chi connectivity index (χ1) is 10.8. The van der Waals surface area contributed by atoms with Crippen LogP contribution in [0.3, 0.4) is 0 Å². The molecule has 1 aliphatic heterocycles. The van der Waals surface area contributed by atoms with Crippen molar-refractivity contribution < 1.29 is 0 Å². The summed E-state index contributed by atoms with van der Waals surface area (Å²) < 4.78 is 0. The van der Waals surface area contributed by atoms with Crippen molar-refractivity contribution in [3.8, 4) is 0 Å². The molecule has 0 radical (unpaired) electrons. The van der Waals surface area contributed by atoms with Gasteiger partial charge < -0.3 is 15.5 Å². The molecule has 3 N–H and O–H groups in total. The topological polar surface area (TPSA) is 51.1 Å². The average molecular weight is 405 g/mol. The third-order valence-corrected chi connectivity index (χ3v) is 5.52. The van der Waals surface area contributed by atoms with Gasteiger partial charge in [0.05, 0.1) is 10.6 Å². The van der Waals surface area contributed by atoms with Crippen molar-refractivity contribution in [1.82, 2.24) is 5.32 Å².